The van der Waals surface area contributed by atoms with Crippen LogP contribution < -0.4 is 5.32 Å². The molecule has 5 heteroatoms. The van der Waals surface area contributed by atoms with Crippen LogP contribution in [-0.2, 0) is 10.7 Å². The van der Waals surface area contributed by atoms with Crippen LogP contribution in [0.25, 0.3) is 11.0 Å². The molecule has 0 saturated carbocycles. The first kappa shape index (κ1) is 14.9. The van der Waals surface area contributed by atoms with Gasteiger partial charge in [-0.1, -0.05) is 26.0 Å². The first-order valence-electron chi connectivity index (χ1n) is 6.84. The van der Waals surface area contributed by atoms with Gasteiger partial charge in [-0.2, -0.15) is 0 Å². The maximum absolute atomic E-state index is 12.3. The van der Waals surface area contributed by atoms with Crippen molar-refractivity contribution < 1.29 is 4.79 Å². The second-order valence-corrected chi connectivity index (χ2v) is 5.60. The van der Waals surface area contributed by atoms with Gasteiger partial charge in [0.25, 0.3) is 0 Å². The third-order valence-electron chi connectivity index (χ3n) is 3.24. The van der Waals surface area contributed by atoms with Crippen molar-refractivity contribution in [2.75, 3.05) is 6.54 Å². The fraction of sp³-hybridized carbons (Fsp3) is 0.467. The minimum Gasteiger partial charge on any atom is -0.354 e. The van der Waals surface area contributed by atoms with Crippen LogP contribution in [0.15, 0.2) is 24.3 Å². The molecule has 1 aromatic heterocycles. The lowest BCUT2D eigenvalue weighted by Gasteiger charge is -2.17. The number of nitrogens with one attached hydrogen (secondary N) is 1. The summed E-state index contributed by atoms with van der Waals surface area (Å²) in [5.41, 5.74) is 1.81. The zero-order valence-electron chi connectivity index (χ0n) is 12.1. The van der Waals surface area contributed by atoms with E-state index in [1.54, 1.807) is 0 Å². The summed E-state index contributed by atoms with van der Waals surface area (Å²) in [6.07, 6.45) is 0. The lowest BCUT2D eigenvalue weighted by atomic mass is 10.2. The molecule has 0 saturated heterocycles. The molecule has 0 aliphatic heterocycles. The predicted molar refractivity (Wildman–Crippen MR) is 81.8 cm³/mol. The number of carbonyl (C=O) groups excluding carboxylic acids is 1. The highest BCUT2D eigenvalue weighted by atomic mass is 35.5. The summed E-state index contributed by atoms with van der Waals surface area (Å²) in [6.45, 7) is 6.69. The van der Waals surface area contributed by atoms with Gasteiger partial charge in [-0.15, -0.1) is 11.6 Å². The number of rotatable bonds is 5. The van der Waals surface area contributed by atoms with E-state index in [-0.39, 0.29) is 17.8 Å². The van der Waals surface area contributed by atoms with Crippen molar-refractivity contribution >= 4 is 28.5 Å². The first-order valence-corrected chi connectivity index (χ1v) is 7.37. The quantitative estimate of drug-likeness (QED) is 0.861. The maximum atomic E-state index is 12.3. The number of alkyl halides is 1. The summed E-state index contributed by atoms with van der Waals surface area (Å²) in [6, 6.07) is 7.44. The number of amides is 1. The molecule has 0 bridgehead atoms. The van der Waals surface area contributed by atoms with Crippen molar-refractivity contribution in [1.82, 2.24) is 14.9 Å². The molecule has 0 aliphatic rings. The minimum atomic E-state index is -0.324. The molecule has 0 radical (unpaired) electrons. The lowest BCUT2D eigenvalue weighted by molar-refractivity contribution is -0.124. The van der Waals surface area contributed by atoms with Crippen molar-refractivity contribution in [3.63, 3.8) is 0 Å². The van der Waals surface area contributed by atoms with Gasteiger partial charge in [-0.25, -0.2) is 4.98 Å². The van der Waals surface area contributed by atoms with E-state index in [1.807, 2.05) is 35.8 Å². The first-order chi connectivity index (χ1) is 9.54. The van der Waals surface area contributed by atoms with E-state index >= 15 is 0 Å². The number of aromatic nitrogens is 2. The Morgan fingerprint density at radius 3 is 2.70 bits per heavy atom. The van der Waals surface area contributed by atoms with Crippen LogP contribution in [0, 0.1) is 5.92 Å². The molecule has 2 aromatic rings. The molecule has 1 heterocycles. The van der Waals surface area contributed by atoms with Gasteiger partial charge in [-0.3, -0.25) is 4.79 Å². The second kappa shape index (κ2) is 6.27. The van der Waals surface area contributed by atoms with Gasteiger partial charge in [0.2, 0.25) is 5.91 Å². The highest BCUT2D eigenvalue weighted by Crippen LogP contribution is 2.22. The third-order valence-corrected chi connectivity index (χ3v) is 3.48. The van der Waals surface area contributed by atoms with Crippen molar-refractivity contribution in [1.29, 1.82) is 0 Å². The Kier molecular flexibility index (Phi) is 4.65. The summed E-state index contributed by atoms with van der Waals surface area (Å²) in [7, 11) is 0. The van der Waals surface area contributed by atoms with Crippen molar-refractivity contribution in [3.8, 4) is 0 Å². The van der Waals surface area contributed by atoms with E-state index in [9.17, 15) is 4.79 Å². The number of halogens is 1. The van der Waals surface area contributed by atoms with E-state index in [4.69, 9.17) is 11.6 Å². The van der Waals surface area contributed by atoms with E-state index in [2.05, 4.69) is 24.1 Å². The van der Waals surface area contributed by atoms with Crippen LogP contribution in [0.3, 0.4) is 0 Å². The van der Waals surface area contributed by atoms with Gasteiger partial charge < -0.3 is 9.88 Å². The Bertz CT molecular complexity index is 606. The highest BCUT2D eigenvalue weighted by molar-refractivity contribution is 6.16. The topological polar surface area (TPSA) is 46.9 Å². The molecule has 1 atom stereocenters. The van der Waals surface area contributed by atoms with Crippen molar-refractivity contribution in [3.05, 3.63) is 30.1 Å². The van der Waals surface area contributed by atoms with Gasteiger partial charge in [0.1, 0.15) is 11.9 Å². The molecule has 20 heavy (non-hydrogen) atoms. The normalized spacial score (nSPS) is 12.8. The molecule has 0 spiro atoms. The van der Waals surface area contributed by atoms with E-state index in [0.717, 1.165) is 16.9 Å². The van der Waals surface area contributed by atoms with Crippen LogP contribution in [0.1, 0.15) is 32.6 Å². The monoisotopic (exact) mass is 293 g/mol. The number of fused-ring (bicyclic) bond motifs is 1. The Hall–Kier alpha value is -1.55. The standard InChI is InChI=1S/C15H20ClN3O/c1-10(2)9-17-15(20)11(3)19-13-7-5-4-6-12(13)18-14(19)8-16/h4-7,10-11H,8-9H2,1-3H3,(H,17,20). The van der Waals surface area contributed by atoms with Crippen molar-refractivity contribution in [2.24, 2.45) is 5.92 Å². The molecule has 1 aromatic carbocycles. The Morgan fingerprint density at radius 2 is 2.05 bits per heavy atom. The van der Waals surface area contributed by atoms with Crippen LogP contribution >= 0.6 is 11.6 Å². The summed E-state index contributed by atoms with van der Waals surface area (Å²) >= 11 is 5.96. The molecule has 1 amide bonds. The van der Waals surface area contributed by atoms with Gasteiger partial charge in [0.15, 0.2) is 0 Å². The van der Waals surface area contributed by atoms with Gasteiger partial charge in [-0.05, 0) is 25.0 Å². The maximum Gasteiger partial charge on any atom is 0.242 e. The van der Waals surface area contributed by atoms with Gasteiger partial charge >= 0.3 is 0 Å². The summed E-state index contributed by atoms with van der Waals surface area (Å²) in [4.78, 5) is 16.7. The fourth-order valence-electron chi connectivity index (χ4n) is 2.19. The molecule has 1 N–H and O–H groups in total. The zero-order chi connectivity index (χ0) is 14.7. The number of nitrogens with zero attached hydrogens (tertiary/aromatic N) is 2. The molecule has 2 rings (SSSR count). The van der Waals surface area contributed by atoms with Crippen LogP contribution in [0.5, 0.6) is 0 Å². The van der Waals surface area contributed by atoms with Crippen LogP contribution in [-0.4, -0.2) is 22.0 Å². The van der Waals surface area contributed by atoms with Crippen LogP contribution in [0.4, 0.5) is 0 Å². The zero-order valence-corrected chi connectivity index (χ0v) is 12.8. The molecule has 0 aliphatic carbocycles. The lowest BCUT2D eigenvalue weighted by Crippen LogP contribution is -2.34. The number of hydrogen-bond acceptors (Lipinski definition) is 2. The average Bonchev–Trinajstić information content (AvgIpc) is 2.82. The largest absolute Gasteiger partial charge is 0.354 e. The summed E-state index contributed by atoms with van der Waals surface area (Å²) in [5, 5.41) is 2.96. The smallest absolute Gasteiger partial charge is 0.242 e. The molecule has 4 nitrogen and oxygen atoms in total. The Labute approximate surface area is 124 Å². The number of carbonyl (C=O) groups is 1. The number of imidazole rings is 1. The SMILES string of the molecule is CC(C)CNC(=O)C(C)n1c(CCl)nc2ccccc21. The molecular formula is C15H20ClN3O. The second-order valence-electron chi connectivity index (χ2n) is 5.34. The van der Waals surface area contributed by atoms with E-state index < -0.39 is 0 Å². The summed E-state index contributed by atoms with van der Waals surface area (Å²) in [5.74, 6) is 1.43. The molecule has 108 valence electrons. The number of benzene rings is 1. The third kappa shape index (κ3) is 2.96. The highest BCUT2D eigenvalue weighted by Gasteiger charge is 2.20. The van der Waals surface area contributed by atoms with E-state index in [1.165, 1.54) is 0 Å². The Morgan fingerprint density at radius 1 is 1.35 bits per heavy atom. The average molecular weight is 294 g/mol. The van der Waals surface area contributed by atoms with Gasteiger partial charge in [0, 0.05) is 6.54 Å². The van der Waals surface area contributed by atoms with Gasteiger partial charge in [0.05, 0.1) is 16.9 Å². The number of para-hydroxylation sites is 2. The minimum absolute atomic E-state index is 0.00628. The molecule has 0 fully saturated rings. The predicted octanol–water partition coefficient (Wildman–Crippen LogP) is 3.11. The molecule has 1 unspecified atom stereocenters. The number of hydrogen-bond donors (Lipinski definition) is 1. The fourth-order valence-corrected chi connectivity index (χ4v) is 2.38. The van der Waals surface area contributed by atoms with Crippen LogP contribution in [0.2, 0.25) is 0 Å². The van der Waals surface area contributed by atoms with E-state index in [0.29, 0.717) is 12.5 Å². The van der Waals surface area contributed by atoms with Crippen molar-refractivity contribution in [2.45, 2.75) is 32.7 Å². The summed E-state index contributed by atoms with van der Waals surface area (Å²) < 4.78 is 1.91. The Balaban J connectivity index is 2.33. The molecular weight excluding hydrogens is 274 g/mol.